The monoisotopic (exact) mass is 267 g/mol. The summed E-state index contributed by atoms with van der Waals surface area (Å²) in [6.45, 7) is 5.77. The van der Waals surface area contributed by atoms with Crippen molar-refractivity contribution in [2.24, 2.45) is 4.99 Å². The third kappa shape index (κ3) is 3.89. The fourth-order valence-corrected chi connectivity index (χ4v) is 1.32. The van der Waals surface area contributed by atoms with Gasteiger partial charge in [0, 0.05) is 10.6 Å². The number of aliphatic imine (C=N–C) groups is 1. The number of ether oxygens (including phenoxy) is 2. The van der Waals surface area contributed by atoms with E-state index in [-0.39, 0.29) is 5.70 Å². The Balaban J connectivity index is 3.02. The van der Waals surface area contributed by atoms with Crippen LogP contribution in [0.15, 0.2) is 41.5 Å². The highest BCUT2D eigenvalue weighted by Crippen LogP contribution is 2.12. The van der Waals surface area contributed by atoms with E-state index in [9.17, 15) is 4.79 Å². The van der Waals surface area contributed by atoms with Crippen molar-refractivity contribution in [3.8, 4) is 0 Å². The molecular weight excluding hydrogens is 254 g/mol. The van der Waals surface area contributed by atoms with Gasteiger partial charge in [0.15, 0.2) is 0 Å². The van der Waals surface area contributed by atoms with Crippen LogP contribution in [0.4, 0.5) is 0 Å². The summed E-state index contributed by atoms with van der Waals surface area (Å²) in [7, 11) is 1.27. The number of hydrogen-bond acceptors (Lipinski definition) is 4. The molecule has 0 saturated carbocycles. The maximum Gasteiger partial charge on any atom is 0.356 e. The summed E-state index contributed by atoms with van der Waals surface area (Å²) in [6.07, 6.45) is 0. The van der Waals surface area contributed by atoms with Crippen LogP contribution in [0.25, 0.3) is 0 Å². The van der Waals surface area contributed by atoms with E-state index in [0.29, 0.717) is 23.1 Å². The predicted octanol–water partition coefficient (Wildman–Crippen LogP) is 2.81. The summed E-state index contributed by atoms with van der Waals surface area (Å²) in [5.41, 5.74) is 0.696. The van der Waals surface area contributed by atoms with Gasteiger partial charge in [-0.3, -0.25) is 0 Å². The minimum atomic E-state index is -0.596. The Labute approximate surface area is 111 Å². The van der Waals surface area contributed by atoms with E-state index in [1.807, 2.05) is 6.92 Å². The number of nitrogens with zero attached hydrogens (tertiary/aromatic N) is 1. The standard InChI is InChI=1S/C13H14ClNO3/c1-4-18-12(15-9(2)13(16)17-3)10-5-7-11(14)8-6-10/h5-8H,2,4H2,1,3H3. The van der Waals surface area contributed by atoms with Gasteiger partial charge in [-0.25, -0.2) is 9.79 Å². The van der Waals surface area contributed by atoms with Crippen molar-refractivity contribution in [3.63, 3.8) is 0 Å². The van der Waals surface area contributed by atoms with Gasteiger partial charge in [0.05, 0.1) is 13.7 Å². The van der Waals surface area contributed by atoms with Crippen molar-refractivity contribution in [2.75, 3.05) is 13.7 Å². The molecule has 0 unspecified atom stereocenters. The van der Waals surface area contributed by atoms with Gasteiger partial charge in [-0.2, -0.15) is 0 Å². The molecule has 0 aliphatic rings. The summed E-state index contributed by atoms with van der Waals surface area (Å²) in [5.74, 6) is -0.286. The van der Waals surface area contributed by atoms with E-state index in [1.54, 1.807) is 24.3 Å². The van der Waals surface area contributed by atoms with Crippen LogP contribution in [0.1, 0.15) is 12.5 Å². The lowest BCUT2D eigenvalue weighted by atomic mass is 10.2. The second kappa shape index (κ2) is 6.81. The topological polar surface area (TPSA) is 47.9 Å². The summed E-state index contributed by atoms with van der Waals surface area (Å²) in [6, 6.07) is 6.93. The first-order valence-corrected chi connectivity index (χ1v) is 5.71. The largest absolute Gasteiger partial charge is 0.478 e. The second-order valence-electron chi connectivity index (χ2n) is 3.30. The van der Waals surface area contributed by atoms with Crippen molar-refractivity contribution in [3.05, 3.63) is 47.1 Å². The Morgan fingerprint density at radius 3 is 2.50 bits per heavy atom. The second-order valence-corrected chi connectivity index (χ2v) is 3.73. The molecule has 96 valence electrons. The van der Waals surface area contributed by atoms with Crippen LogP contribution in [0.2, 0.25) is 5.02 Å². The first-order chi connectivity index (χ1) is 8.58. The van der Waals surface area contributed by atoms with Crippen molar-refractivity contribution >= 4 is 23.5 Å². The minimum Gasteiger partial charge on any atom is -0.478 e. The van der Waals surface area contributed by atoms with Gasteiger partial charge >= 0.3 is 5.97 Å². The molecule has 0 aliphatic heterocycles. The van der Waals surface area contributed by atoms with E-state index < -0.39 is 5.97 Å². The summed E-state index contributed by atoms with van der Waals surface area (Å²) in [5, 5.41) is 0.612. The maximum absolute atomic E-state index is 11.2. The molecule has 0 spiro atoms. The number of carbonyl (C=O) groups is 1. The Hall–Kier alpha value is -1.81. The fraction of sp³-hybridized carbons (Fsp3) is 0.231. The Kier molecular flexibility index (Phi) is 5.39. The summed E-state index contributed by atoms with van der Waals surface area (Å²) in [4.78, 5) is 15.3. The van der Waals surface area contributed by atoms with Gasteiger partial charge in [0.2, 0.25) is 5.90 Å². The fourth-order valence-electron chi connectivity index (χ4n) is 1.20. The maximum atomic E-state index is 11.2. The van der Waals surface area contributed by atoms with Gasteiger partial charge in [0.25, 0.3) is 0 Å². The average Bonchev–Trinajstić information content (AvgIpc) is 2.38. The first kappa shape index (κ1) is 14.3. The molecule has 0 fully saturated rings. The third-order valence-corrected chi connectivity index (χ3v) is 2.28. The number of methoxy groups -OCH3 is 1. The van der Waals surface area contributed by atoms with E-state index in [1.165, 1.54) is 7.11 Å². The number of halogens is 1. The van der Waals surface area contributed by atoms with Gasteiger partial charge in [-0.05, 0) is 31.2 Å². The molecule has 0 radical (unpaired) electrons. The van der Waals surface area contributed by atoms with E-state index in [4.69, 9.17) is 16.3 Å². The lowest BCUT2D eigenvalue weighted by Gasteiger charge is -2.08. The van der Waals surface area contributed by atoms with Crippen LogP contribution < -0.4 is 0 Å². The predicted molar refractivity (Wildman–Crippen MR) is 70.8 cm³/mol. The Bertz CT molecular complexity index is 466. The molecule has 5 heteroatoms. The molecule has 1 aromatic carbocycles. The van der Waals surface area contributed by atoms with Crippen LogP contribution in [0, 0.1) is 0 Å². The SMILES string of the molecule is C=C(N=C(OCC)c1ccc(Cl)cc1)C(=O)OC. The number of esters is 1. The van der Waals surface area contributed by atoms with E-state index in [2.05, 4.69) is 16.3 Å². The molecule has 0 aliphatic carbocycles. The van der Waals surface area contributed by atoms with Crippen LogP contribution in [-0.2, 0) is 14.3 Å². The number of carbonyl (C=O) groups excluding carboxylic acids is 1. The molecular formula is C13H14ClNO3. The van der Waals surface area contributed by atoms with E-state index in [0.717, 1.165) is 0 Å². The Morgan fingerprint density at radius 1 is 1.39 bits per heavy atom. The van der Waals surface area contributed by atoms with Crippen LogP contribution in [-0.4, -0.2) is 25.6 Å². The van der Waals surface area contributed by atoms with Crippen molar-refractivity contribution in [1.29, 1.82) is 0 Å². The quantitative estimate of drug-likeness (QED) is 0.365. The number of rotatable bonds is 4. The molecule has 0 amide bonds. The molecule has 0 heterocycles. The normalized spacial score (nSPS) is 10.9. The van der Waals surface area contributed by atoms with Gasteiger partial charge in [-0.1, -0.05) is 18.2 Å². The Morgan fingerprint density at radius 2 is 2.00 bits per heavy atom. The molecule has 0 saturated heterocycles. The highest BCUT2D eigenvalue weighted by Gasteiger charge is 2.10. The van der Waals surface area contributed by atoms with E-state index >= 15 is 0 Å². The zero-order valence-corrected chi connectivity index (χ0v) is 11.0. The molecule has 1 rings (SSSR count). The first-order valence-electron chi connectivity index (χ1n) is 5.33. The van der Waals surface area contributed by atoms with Crippen molar-refractivity contribution < 1.29 is 14.3 Å². The average molecular weight is 268 g/mol. The van der Waals surface area contributed by atoms with Crippen LogP contribution in [0.5, 0.6) is 0 Å². The molecule has 0 atom stereocenters. The molecule has 0 bridgehead atoms. The molecule has 18 heavy (non-hydrogen) atoms. The summed E-state index contributed by atoms with van der Waals surface area (Å²) >= 11 is 5.80. The molecule has 4 nitrogen and oxygen atoms in total. The molecule has 1 aromatic rings. The number of benzene rings is 1. The lowest BCUT2D eigenvalue weighted by Crippen LogP contribution is -2.10. The summed E-state index contributed by atoms with van der Waals surface area (Å²) < 4.78 is 9.90. The van der Waals surface area contributed by atoms with Crippen LogP contribution in [0.3, 0.4) is 0 Å². The smallest absolute Gasteiger partial charge is 0.356 e. The minimum absolute atomic E-state index is 0.0177. The zero-order chi connectivity index (χ0) is 13.5. The highest BCUT2D eigenvalue weighted by atomic mass is 35.5. The number of hydrogen-bond donors (Lipinski definition) is 0. The van der Waals surface area contributed by atoms with Gasteiger partial charge in [-0.15, -0.1) is 0 Å². The molecule has 0 aromatic heterocycles. The van der Waals surface area contributed by atoms with Crippen LogP contribution >= 0.6 is 11.6 Å². The lowest BCUT2D eigenvalue weighted by molar-refractivity contribution is -0.136. The van der Waals surface area contributed by atoms with Crippen molar-refractivity contribution in [1.82, 2.24) is 0 Å². The van der Waals surface area contributed by atoms with Crippen molar-refractivity contribution in [2.45, 2.75) is 6.92 Å². The molecule has 0 N–H and O–H groups in total. The van der Waals surface area contributed by atoms with Gasteiger partial charge in [0.1, 0.15) is 5.70 Å². The van der Waals surface area contributed by atoms with Gasteiger partial charge < -0.3 is 9.47 Å². The zero-order valence-electron chi connectivity index (χ0n) is 10.3. The highest BCUT2D eigenvalue weighted by molar-refractivity contribution is 6.30. The third-order valence-electron chi connectivity index (χ3n) is 2.03.